The Morgan fingerprint density at radius 3 is 2.76 bits per heavy atom. The molecule has 0 bridgehead atoms. The topological polar surface area (TPSA) is 49.3 Å². The van der Waals surface area contributed by atoms with E-state index in [-0.39, 0.29) is 5.91 Å². The van der Waals surface area contributed by atoms with Crippen molar-refractivity contribution in [2.75, 3.05) is 31.1 Å². The second-order valence-electron chi connectivity index (χ2n) is 4.98. The molecule has 1 fully saturated rings. The van der Waals surface area contributed by atoms with Crippen LogP contribution in [0.3, 0.4) is 0 Å². The van der Waals surface area contributed by atoms with Crippen LogP contribution < -0.4 is 4.90 Å². The maximum Gasteiger partial charge on any atom is 0.222 e. The number of hydrogen-bond acceptors (Lipinski definition) is 6. The average Bonchev–Trinajstić information content (AvgIpc) is 3.19. The van der Waals surface area contributed by atoms with Crippen molar-refractivity contribution in [3.8, 4) is 9.88 Å². The molecule has 0 spiro atoms. The van der Waals surface area contributed by atoms with E-state index in [4.69, 9.17) is 0 Å². The molecule has 112 valence electrons. The monoisotopic (exact) mass is 322 g/mol. The lowest BCUT2D eigenvalue weighted by Gasteiger charge is -2.34. The van der Waals surface area contributed by atoms with Gasteiger partial charge in [0, 0.05) is 32.6 Å². The number of carbonyl (C=O) groups excluding carboxylic acids is 1. The van der Waals surface area contributed by atoms with Crippen LogP contribution in [0.4, 0.5) is 5.13 Å². The van der Waals surface area contributed by atoms with E-state index < -0.39 is 0 Å². The van der Waals surface area contributed by atoms with Crippen molar-refractivity contribution in [3.05, 3.63) is 17.5 Å². The zero-order chi connectivity index (χ0) is 14.7. The maximum absolute atomic E-state index is 11.9. The third-order valence-corrected chi connectivity index (χ3v) is 5.54. The predicted octanol–water partition coefficient (Wildman–Crippen LogP) is 2.72. The summed E-state index contributed by atoms with van der Waals surface area (Å²) in [5, 5.41) is 12.6. The van der Waals surface area contributed by atoms with Gasteiger partial charge in [0.2, 0.25) is 11.0 Å². The first-order valence-electron chi connectivity index (χ1n) is 7.18. The van der Waals surface area contributed by atoms with Gasteiger partial charge in [0.15, 0.2) is 5.01 Å². The highest BCUT2D eigenvalue weighted by molar-refractivity contribution is 7.22. The number of hydrogen-bond donors (Lipinski definition) is 0. The third-order valence-electron chi connectivity index (χ3n) is 3.51. The summed E-state index contributed by atoms with van der Waals surface area (Å²) in [4.78, 5) is 17.2. The highest BCUT2D eigenvalue weighted by Crippen LogP contribution is 2.31. The summed E-state index contributed by atoms with van der Waals surface area (Å²) in [6, 6.07) is 4.09. The Labute approximate surface area is 132 Å². The highest BCUT2D eigenvalue weighted by atomic mass is 32.1. The molecule has 21 heavy (non-hydrogen) atoms. The molecule has 0 aromatic carbocycles. The molecule has 1 aliphatic rings. The normalized spacial score (nSPS) is 15.5. The number of anilines is 1. The number of piperazine rings is 1. The zero-order valence-corrected chi connectivity index (χ0v) is 13.6. The number of amides is 1. The molecular formula is C14H18N4OS2. The van der Waals surface area contributed by atoms with Gasteiger partial charge in [0.05, 0.1) is 4.88 Å². The summed E-state index contributed by atoms with van der Waals surface area (Å²) >= 11 is 3.31. The number of nitrogens with zero attached hydrogens (tertiary/aromatic N) is 4. The van der Waals surface area contributed by atoms with Crippen LogP contribution in [0.25, 0.3) is 9.88 Å². The van der Waals surface area contributed by atoms with Crippen LogP contribution in [0.1, 0.15) is 19.8 Å². The van der Waals surface area contributed by atoms with Gasteiger partial charge >= 0.3 is 0 Å². The SMILES string of the molecule is CCCC(=O)N1CCN(c2nnc(-c3cccs3)s2)CC1. The minimum Gasteiger partial charge on any atom is -0.343 e. The lowest BCUT2D eigenvalue weighted by molar-refractivity contribution is -0.131. The predicted molar refractivity (Wildman–Crippen MR) is 86.9 cm³/mol. The summed E-state index contributed by atoms with van der Waals surface area (Å²) in [5.74, 6) is 0.272. The van der Waals surface area contributed by atoms with Crippen LogP contribution in [0.2, 0.25) is 0 Å². The van der Waals surface area contributed by atoms with Gasteiger partial charge in [0.1, 0.15) is 0 Å². The minimum atomic E-state index is 0.272. The van der Waals surface area contributed by atoms with E-state index in [1.807, 2.05) is 17.9 Å². The van der Waals surface area contributed by atoms with Gasteiger partial charge in [-0.15, -0.1) is 21.5 Å². The fraction of sp³-hybridized carbons (Fsp3) is 0.500. The van der Waals surface area contributed by atoms with Crippen molar-refractivity contribution in [1.29, 1.82) is 0 Å². The molecule has 0 saturated carbocycles. The van der Waals surface area contributed by atoms with Gasteiger partial charge in [-0.05, 0) is 17.9 Å². The smallest absolute Gasteiger partial charge is 0.222 e. The molecule has 0 atom stereocenters. The first-order valence-corrected chi connectivity index (χ1v) is 8.87. The summed E-state index contributed by atoms with van der Waals surface area (Å²) in [5.41, 5.74) is 0. The standard InChI is InChI=1S/C14H18N4OS2/c1-2-4-12(19)17-6-8-18(9-7-17)14-16-15-13(21-14)11-5-3-10-20-11/h3,5,10H,2,4,6-9H2,1H3. The van der Waals surface area contributed by atoms with Gasteiger partial charge < -0.3 is 9.80 Å². The van der Waals surface area contributed by atoms with Crippen LogP contribution in [0.5, 0.6) is 0 Å². The van der Waals surface area contributed by atoms with Crippen LogP contribution in [-0.2, 0) is 4.79 Å². The number of carbonyl (C=O) groups is 1. The van der Waals surface area contributed by atoms with Crippen molar-refractivity contribution in [2.45, 2.75) is 19.8 Å². The van der Waals surface area contributed by atoms with E-state index in [0.29, 0.717) is 6.42 Å². The Morgan fingerprint density at radius 1 is 1.29 bits per heavy atom. The number of aromatic nitrogens is 2. The van der Waals surface area contributed by atoms with Gasteiger partial charge in [-0.2, -0.15) is 0 Å². The highest BCUT2D eigenvalue weighted by Gasteiger charge is 2.23. The Morgan fingerprint density at radius 2 is 2.10 bits per heavy atom. The third kappa shape index (κ3) is 3.24. The van der Waals surface area contributed by atoms with E-state index in [1.165, 1.54) is 0 Å². The molecular weight excluding hydrogens is 304 g/mol. The van der Waals surface area contributed by atoms with E-state index in [1.54, 1.807) is 22.7 Å². The second kappa shape index (κ2) is 6.53. The minimum absolute atomic E-state index is 0.272. The summed E-state index contributed by atoms with van der Waals surface area (Å²) in [6.07, 6.45) is 1.57. The Kier molecular flexibility index (Phi) is 4.50. The number of thiophene rings is 1. The van der Waals surface area contributed by atoms with E-state index in [0.717, 1.165) is 47.6 Å². The van der Waals surface area contributed by atoms with E-state index in [2.05, 4.69) is 26.5 Å². The summed E-state index contributed by atoms with van der Waals surface area (Å²) in [6.45, 7) is 5.30. The molecule has 0 aliphatic carbocycles. The molecule has 3 rings (SSSR count). The first-order chi connectivity index (χ1) is 10.3. The van der Waals surface area contributed by atoms with Crippen molar-refractivity contribution in [3.63, 3.8) is 0 Å². The molecule has 1 saturated heterocycles. The molecule has 1 amide bonds. The summed E-state index contributed by atoms with van der Waals surface area (Å²) in [7, 11) is 0. The molecule has 2 aromatic heterocycles. The molecule has 0 unspecified atom stereocenters. The second-order valence-corrected chi connectivity index (χ2v) is 6.89. The molecule has 0 N–H and O–H groups in total. The molecule has 7 heteroatoms. The molecule has 2 aromatic rings. The lowest BCUT2D eigenvalue weighted by atomic mass is 10.2. The van der Waals surface area contributed by atoms with Crippen LogP contribution >= 0.6 is 22.7 Å². The van der Waals surface area contributed by atoms with Crippen molar-refractivity contribution < 1.29 is 4.79 Å². The van der Waals surface area contributed by atoms with E-state index in [9.17, 15) is 4.79 Å². The van der Waals surface area contributed by atoms with Crippen molar-refractivity contribution >= 4 is 33.7 Å². The molecule has 0 radical (unpaired) electrons. The average molecular weight is 322 g/mol. The quantitative estimate of drug-likeness (QED) is 0.868. The van der Waals surface area contributed by atoms with Crippen molar-refractivity contribution in [1.82, 2.24) is 15.1 Å². The molecule has 1 aliphatic heterocycles. The largest absolute Gasteiger partial charge is 0.343 e. The van der Waals surface area contributed by atoms with Crippen LogP contribution in [0.15, 0.2) is 17.5 Å². The molecule has 5 nitrogen and oxygen atoms in total. The Balaban J connectivity index is 1.61. The first kappa shape index (κ1) is 14.5. The number of rotatable bonds is 4. The summed E-state index contributed by atoms with van der Waals surface area (Å²) < 4.78 is 0. The van der Waals surface area contributed by atoms with Gasteiger partial charge in [-0.25, -0.2) is 0 Å². The van der Waals surface area contributed by atoms with Gasteiger partial charge in [-0.1, -0.05) is 24.3 Å². The Bertz CT molecular complexity index is 588. The van der Waals surface area contributed by atoms with Gasteiger partial charge in [-0.3, -0.25) is 4.79 Å². The fourth-order valence-electron chi connectivity index (χ4n) is 2.36. The zero-order valence-electron chi connectivity index (χ0n) is 12.0. The van der Waals surface area contributed by atoms with Crippen LogP contribution in [-0.4, -0.2) is 47.2 Å². The molecule has 3 heterocycles. The lowest BCUT2D eigenvalue weighted by Crippen LogP contribution is -2.48. The van der Waals surface area contributed by atoms with Gasteiger partial charge in [0.25, 0.3) is 0 Å². The van der Waals surface area contributed by atoms with Crippen molar-refractivity contribution in [2.24, 2.45) is 0 Å². The maximum atomic E-state index is 11.9. The van der Waals surface area contributed by atoms with Crippen LogP contribution in [0, 0.1) is 0 Å². The van der Waals surface area contributed by atoms with E-state index >= 15 is 0 Å². The Hall–Kier alpha value is -1.47. The fourth-order valence-corrected chi connectivity index (χ4v) is 4.05.